The van der Waals surface area contributed by atoms with Crippen molar-refractivity contribution in [2.75, 3.05) is 11.9 Å². The molecular formula is C23H18F3N3O3. The number of aryl methyl sites for hydroxylation is 1. The van der Waals surface area contributed by atoms with Crippen molar-refractivity contribution in [1.29, 1.82) is 0 Å². The van der Waals surface area contributed by atoms with Gasteiger partial charge in [0.1, 0.15) is 5.75 Å². The Morgan fingerprint density at radius 3 is 2.53 bits per heavy atom. The molecule has 2 amide bonds. The Labute approximate surface area is 180 Å². The molecule has 1 N–H and O–H groups in total. The number of imide groups is 1. The zero-order valence-electron chi connectivity index (χ0n) is 17.2. The van der Waals surface area contributed by atoms with Gasteiger partial charge in [-0.2, -0.15) is 0 Å². The number of amides is 2. The molecule has 6 nitrogen and oxygen atoms in total. The van der Waals surface area contributed by atoms with Crippen LogP contribution in [0.3, 0.4) is 0 Å². The number of nitrogens with one attached hydrogen (secondary N) is 1. The smallest absolute Gasteiger partial charge is 0.406 e. The molecule has 1 aromatic heterocycles. The van der Waals surface area contributed by atoms with Gasteiger partial charge in [0.05, 0.1) is 17.6 Å². The third-order valence-electron chi connectivity index (χ3n) is 5.87. The normalized spacial score (nSPS) is 18.0. The lowest BCUT2D eigenvalue weighted by atomic mass is 9.84. The molecule has 164 valence electrons. The first-order valence-corrected chi connectivity index (χ1v) is 9.90. The summed E-state index contributed by atoms with van der Waals surface area (Å²) in [5, 5.41) is 4.26. The highest BCUT2D eigenvalue weighted by atomic mass is 19.4. The van der Waals surface area contributed by atoms with Gasteiger partial charge in [0, 0.05) is 42.9 Å². The molecule has 5 rings (SSSR count). The Balaban J connectivity index is 1.70. The van der Waals surface area contributed by atoms with Crippen LogP contribution in [-0.4, -0.2) is 34.2 Å². The number of hydrogen-bond donors (Lipinski definition) is 1. The molecule has 0 spiro atoms. The van der Waals surface area contributed by atoms with E-state index in [-0.39, 0.29) is 18.2 Å². The molecule has 0 radical (unpaired) electrons. The highest BCUT2D eigenvalue weighted by Crippen LogP contribution is 2.46. The second kappa shape index (κ2) is 6.88. The molecule has 0 unspecified atom stereocenters. The van der Waals surface area contributed by atoms with Gasteiger partial charge in [0.2, 0.25) is 5.91 Å². The van der Waals surface area contributed by atoms with Gasteiger partial charge in [-0.1, -0.05) is 18.2 Å². The molecule has 2 aliphatic rings. The van der Waals surface area contributed by atoms with Crippen LogP contribution in [-0.2, 0) is 16.6 Å². The summed E-state index contributed by atoms with van der Waals surface area (Å²) in [6.45, 7) is 1.44. The number of halogens is 3. The average Bonchev–Trinajstić information content (AvgIpc) is 3.16. The van der Waals surface area contributed by atoms with Gasteiger partial charge in [-0.05, 0) is 35.4 Å². The van der Waals surface area contributed by atoms with Gasteiger partial charge in [-0.15, -0.1) is 13.2 Å². The molecule has 0 bridgehead atoms. The minimum atomic E-state index is -4.79. The molecule has 0 saturated carbocycles. The van der Waals surface area contributed by atoms with Crippen molar-refractivity contribution in [3.05, 3.63) is 71.1 Å². The number of rotatable bonds is 2. The highest BCUT2D eigenvalue weighted by molar-refractivity contribution is 6.11. The van der Waals surface area contributed by atoms with Crippen LogP contribution in [0.2, 0.25) is 0 Å². The van der Waals surface area contributed by atoms with Gasteiger partial charge >= 0.3 is 6.36 Å². The summed E-state index contributed by atoms with van der Waals surface area (Å²) >= 11 is 0. The van der Waals surface area contributed by atoms with Crippen LogP contribution in [0.5, 0.6) is 5.75 Å². The lowest BCUT2D eigenvalue weighted by molar-refractivity contribution is -0.274. The van der Waals surface area contributed by atoms with E-state index in [1.165, 1.54) is 36.1 Å². The molecule has 3 heterocycles. The van der Waals surface area contributed by atoms with Gasteiger partial charge in [0.25, 0.3) is 5.91 Å². The van der Waals surface area contributed by atoms with E-state index in [2.05, 4.69) is 10.1 Å². The largest absolute Gasteiger partial charge is 0.573 e. The first kappa shape index (κ1) is 20.2. The summed E-state index contributed by atoms with van der Waals surface area (Å²) in [6, 6.07) is 11.3. The van der Waals surface area contributed by atoms with Crippen LogP contribution in [0, 0.1) is 0 Å². The number of carbonyl (C=O) groups is 2. The van der Waals surface area contributed by atoms with Crippen molar-refractivity contribution in [2.45, 2.75) is 19.2 Å². The number of anilines is 1. The van der Waals surface area contributed by atoms with Crippen LogP contribution < -0.4 is 10.1 Å². The predicted octanol–water partition coefficient (Wildman–Crippen LogP) is 4.28. The molecular weight excluding hydrogens is 423 g/mol. The fourth-order valence-corrected chi connectivity index (χ4v) is 4.58. The van der Waals surface area contributed by atoms with E-state index in [1.54, 1.807) is 0 Å². The SMILES string of the molecule is CC(=O)N1CC2=C(C1=O)[C@@H](c1ccc(OC(F)(F)F)cc1)c1cn(C)c3cccc(c13)N2. The number of ether oxygens (including phenoxy) is 1. The standard InChI is InChI=1S/C23H18F3N3O3/c1-12(30)29-11-17-21(22(29)31)19(13-6-8-14(9-7-13)32-23(24,25)26)15-10-28(2)18-5-3-4-16(27-17)20(15)18/h3-10,19,27H,11H2,1-2H3/t19-/m0/s1. The van der Waals surface area contributed by atoms with Crippen molar-refractivity contribution >= 4 is 28.4 Å². The molecule has 0 fully saturated rings. The molecule has 1 atom stereocenters. The van der Waals surface area contributed by atoms with Crippen LogP contribution in [0.4, 0.5) is 18.9 Å². The quantitative estimate of drug-likeness (QED) is 0.645. The fourth-order valence-electron chi connectivity index (χ4n) is 4.58. The maximum Gasteiger partial charge on any atom is 0.573 e. The third-order valence-corrected chi connectivity index (χ3v) is 5.87. The van der Waals surface area contributed by atoms with Crippen LogP contribution in [0.15, 0.2) is 59.9 Å². The first-order valence-electron chi connectivity index (χ1n) is 9.90. The Hall–Kier alpha value is -3.75. The topological polar surface area (TPSA) is 63.6 Å². The van der Waals surface area contributed by atoms with E-state index in [9.17, 15) is 22.8 Å². The Bertz CT molecular complexity index is 1310. The van der Waals surface area contributed by atoms with Gasteiger partial charge in [-0.3, -0.25) is 14.5 Å². The van der Waals surface area contributed by atoms with E-state index in [0.29, 0.717) is 16.8 Å². The second-order valence-electron chi connectivity index (χ2n) is 7.87. The van der Waals surface area contributed by atoms with E-state index in [4.69, 9.17) is 0 Å². The number of alkyl halides is 3. The minimum absolute atomic E-state index is 0.113. The molecule has 0 aliphatic carbocycles. The lowest BCUT2D eigenvalue weighted by Crippen LogP contribution is -2.33. The van der Waals surface area contributed by atoms with Crippen LogP contribution in [0.25, 0.3) is 10.9 Å². The monoisotopic (exact) mass is 441 g/mol. The molecule has 2 aliphatic heterocycles. The molecule has 32 heavy (non-hydrogen) atoms. The Morgan fingerprint density at radius 2 is 1.88 bits per heavy atom. The first-order chi connectivity index (χ1) is 15.1. The molecule has 9 heteroatoms. The fraction of sp³-hybridized carbons (Fsp3) is 0.217. The maximum atomic E-state index is 13.3. The van der Waals surface area contributed by atoms with E-state index < -0.39 is 18.2 Å². The summed E-state index contributed by atoms with van der Waals surface area (Å²) < 4.78 is 43.7. The molecule has 3 aromatic rings. The summed E-state index contributed by atoms with van der Waals surface area (Å²) in [5.41, 5.74) is 4.23. The lowest BCUT2D eigenvalue weighted by Gasteiger charge is -2.20. The van der Waals surface area contributed by atoms with Gasteiger partial charge < -0.3 is 14.6 Å². The zero-order valence-corrected chi connectivity index (χ0v) is 17.2. The van der Waals surface area contributed by atoms with Crippen molar-refractivity contribution in [3.8, 4) is 5.75 Å². The number of hydrogen-bond acceptors (Lipinski definition) is 4. The summed E-state index contributed by atoms with van der Waals surface area (Å²) in [6.07, 6.45) is -2.88. The second-order valence-corrected chi connectivity index (χ2v) is 7.87. The van der Waals surface area contributed by atoms with Crippen molar-refractivity contribution in [1.82, 2.24) is 9.47 Å². The number of nitrogens with zero attached hydrogens (tertiary/aromatic N) is 2. The summed E-state index contributed by atoms with van der Waals surface area (Å²) in [7, 11) is 1.89. The zero-order chi connectivity index (χ0) is 22.8. The van der Waals surface area contributed by atoms with E-state index in [1.807, 2.05) is 36.0 Å². The van der Waals surface area contributed by atoms with Crippen LogP contribution in [0.1, 0.15) is 24.0 Å². The highest BCUT2D eigenvalue weighted by Gasteiger charge is 2.41. The van der Waals surface area contributed by atoms with Crippen molar-refractivity contribution < 1.29 is 27.5 Å². The average molecular weight is 441 g/mol. The van der Waals surface area contributed by atoms with Gasteiger partial charge in [-0.25, -0.2) is 0 Å². The number of carbonyl (C=O) groups excluding carboxylic acids is 2. The van der Waals surface area contributed by atoms with E-state index >= 15 is 0 Å². The summed E-state index contributed by atoms with van der Waals surface area (Å²) in [4.78, 5) is 26.5. The van der Waals surface area contributed by atoms with Crippen LogP contribution >= 0.6 is 0 Å². The Kier molecular flexibility index (Phi) is 4.34. The molecule has 0 saturated heterocycles. The summed E-state index contributed by atoms with van der Waals surface area (Å²) in [5.74, 6) is -1.69. The van der Waals surface area contributed by atoms with E-state index in [0.717, 1.165) is 22.2 Å². The minimum Gasteiger partial charge on any atom is -0.406 e. The molecule has 2 aromatic carbocycles. The Morgan fingerprint density at radius 1 is 1.16 bits per heavy atom. The number of benzene rings is 2. The third kappa shape index (κ3) is 3.12. The van der Waals surface area contributed by atoms with Gasteiger partial charge in [0.15, 0.2) is 0 Å². The van der Waals surface area contributed by atoms with Crippen molar-refractivity contribution in [2.24, 2.45) is 7.05 Å². The maximum absolute atomic E-state index is 13.3. The number of aromatic nitrogens is 1. The van der Waals surface area contributed by atoms with Crippen molar-refractivity contribution in [3.63, 3.8) is 0 Å². The predicted molar refractivity (Wildman–Crippen MR) is 111 cm³/mol.